The summed E-state index contributed by atoms with van der Waals surface area (Å²) in [4.78, 5) is 15.7. The van der Waals surface area contributed by atoms with Crippen molar-refractivity contribution < 1.29 is 27.9 Å². The van der Waals surface area contributed by atoms with Crippen LogP contribution in [-0.4, -0.2) is 55.6 Å². The van der Waals surface area contributed by atoms with Crippen molar-refractivity contribution in [3.63, 3.8) is 0 Å². The Labute approximate surface area is 134 Å². The zero-order chi connectivity index (χ0) is 16.2. The van der Waals surface area contributed by atoms with Gasteiger partial charge in [0.1, 0.15) is 17.6 Å². The van der Waals surface area contributed by atoms with Gasteiger partial charge in [-0.05, 0) is 0 Å². The van der Waals surface area contributed by atoms with Gasteiger partial charge < -0.3 is 18.5 Å². The summed E-state index contributed by atoms with van der Waals surface area (Å²) in [6.07, 6.45) is 4.48. The molecule has 0 aromatic carbocycles. The second-order valence-electron chi connectivity index (χ2n) is 4.91. The Morgan fingerprint density at radius 3 is 2.91 bits per heavy atom. The molecular weight excluding hydrogens is 329 g/mol. The van der Waals surface area contributed by atoms with Crippen molar-refractivity contribution in [3.05, 3.63) is 12.2 Å². The number of fused-ring (bicyclic) bond motifs is 1. The maximum absolute atomic E-state index is 12.1. The zero-order valence-electron chi connectivity index (χ0n) is 12.8. The van der Waals surface area contributed by atoms with Crippen molar-refractivity contribution in [3.8, 4) is 0 Å². The van der Waals surface area contributed by atoms with Gasteiger partial charge in [0.25, 0.3) is 0 Å². The standard InChI is InChI=1S/C13H20NO6PS/c1-10(15)20-9-13-6-4-7-19-12(13)22-11(14-13)5-8-21(16,17-2)18-3/h4,6,12H,5,7-9H2,1-3H3. The van der Waals surface area contributed by atoms with Gasteiger partial charge in [0.05, 0.1) is 17.8 Å². The van der Waals surface area contributed by atoms with E-state index in [1.165, 1.54) is 32.9 Å². The first kappa shape index (κ1) is 17.7. The Bertz CT molecular complexity index is 529. The highest BCUT2D eigenvalue weighted by atomic mass is 32.2. The van der Waals surface area contributed by atoms with Crippen LogP contribution in [0.15, 0.2) is 17.1 Å². The van der Waals surface area contributed by atoms with E-state index in [4.69, 9.17) is 18.5 Å². The van der Waals surface area contributed by atoms with Crippen LogP contribution in [0.2, 0.25) is 0 Å². The number of aliphatic imine (C=N–C) groups is 1. The normalized spacial score (nSPS) is 27.4. The molecular formula is C13H20NO6PS. The summed E-state index contributed by atoms with van der Waals surface area (Å²) in [5.41, 5.74) is -0.940. The molecule has 0 aromatic heterocycles. The van der Waals surface area contributed by atoms with Crippen LogP contribution in [0.5, 0.6) is 0 Å². The summed E-state index contributed by atoms with van der Waals surface area (Å²) in [7, 11) is -0.340. The monoisotopic (exact) mass is 349 g/mol. The van der Waals surface area contributed by atoms with Gasteiger partial charge in [0, 0.05) is 27.6 Å². The fraction of sp³-hybridized carbons (Fsp3) is 0.692. The quantitative estimate of drug-likeness (QED) is 0.396. The molecule has 7 nitrogen and oxygen atoms in total. The average Bonchev–Trinajstić information content (AvgIpc) is 2.89. The van der Waals surface area contributed by atoms with E-state index in [2.05, 4.69) is 4.99 Å². The first-order valence-electron chi connectivity index (χ1n) is 6.81. The Morgan fingerprint density at radius 2 is 2.27 bits per heavy atom. The highest BCUT2D eigenvalue weighted by molar-refractivity contribution is 8.14. The fourth-order valence-electron chi connectivity index (χ4n) is 2.20. The van der Waals surface area contributed by atoms with Crippen LogP contribution in [0.1, 0.15) is 13.3 Å². The lowest BCUT2D eigenvalue weighted by Gasteiger charge is -2.31. The topological polar surface area (TPSA) is 83.4 Å². The van der Waals surface area contributed by atoms with E-state index >= 15 is 0 Å². The van der Waals surface area contributed by atoms with Gasteiger partial charge in [0.2, 0.25) is 0 Å². The van der Waals surface area contributed by atoms with Crippen molar-refractivity contribution in [2.45, 2.75) is 24.3 Å². The zero-order valence-corrected chi connectivity index (χ0v) is 14.5. The molecule has 9 heteroatoms. The van der Waals surface area contributed by atoms with Crippen LogP contribution in [0.25, 0.3) is 0 Å². The summed E-state index contributed by atoms with van der Waals surface area (Å²) in [5, 5.41) is 0.790. The van der Waals surface area contributed by atoms with Gasteiger partial charge in [-0.15, -0.1) is 0 Å². The van der Waals surface area contributed by atoms with Crippen molar-refractivity contribution in [2.24, 2.45) is 4.99 Å². The molecule has 22 heavy (non-hydrogen) atoms. The molecule has 124 valence electrons. The van der Waals surface area contributed by atoms with Gasteiger partial charge in [-0.2, -0.15) is 0 Å². The van der Waals surface area contributed by atoms with Gasteiger partial charge in [-0.1, -0.05) is 23.9 Å². The van der Waals surface area contributed by atoms with Crippen LogP contribution >= 0.6 is 19.4 Å². The average molecular weight is 349 g/mol. The Morgan fingerprint density at radius 1 is 1.55 bits per heavy atom. The largest absolute Gasteiger partial charge is 0.463 e. The maximum Gasteiger partial charge on any atom is 0.330 e. The third-order valence-electron chi connectivity index (χ3n) is 3.40. The number of thioether (sulfide) groups is 1. The molecule has 2 aliphatic rings. The van der Waals surface area contributed by atoms with Gasteiger partial charge >= 0.3 is 13.6 Å². The Hall–Kier alpha value is -0.660. The molecule has 2 aliphatic heterocycles. The fourth-order valence-corrected chi connectivity index (χ4v) is 4.59. The van der Waals surface area contributed by atoms with Gasteiger partial charge in [-0.3, -0.25) is 14.4 Å². The minimum atomic E-state index is -3.07. The van der Waals surface area contributed by atoms with E-state index in [-0.39, 0.29) is 24.2 Å². The number of rotatable bonds is 7. The molecule has 2 unspecified atom stereocenters. The van der Waals surface area contributed by atoms with E-state index < -0.39 is 13.1 Å². The van der Waals surface area contributed by atoms with Gasteiger partial charge in [-0.25, -0.2) is 0 Å². The molecule has 0 amide bonds. The van der Waals surface area contributed by atoms with E-state index in [0.29, 0.717) is 13.0 Å². The number of hydrogen-bond acceptors (Lipinski definition) is 8. The summed E-state index contributed by atoms with van der Waals surface area (Å²) in [6, 6.07) is 0. The number of carbonyl (C=O) groups excluding carboxylic acids is 1. The summed E-state index contributed by atoms with van der Waals surface area (Å²) >= 11 is 1.46. The predicted octanol–water partition coefficient (Wildman–Crippen LogP) is 2.22. The molecule has 2 heterocycles. The number of ether oxygens (including phenoxy) is 2. The van der Waals surface area contributed by atoms with E-state index in [0.717, 1.165) is 5.04 Å². The summed E-state index contributed by atoms with van der Waals surface area (Å²) < 4.78 is 32.8. The highest BCUT2D eigenvalue weighted by Crippen LogP contribution is 2.48. The Kier molecular flexibility index (Phi) is 5.85. The third-order valence-corrected chi connectivity index (χ3v) is 6.61. The Balaban J connectivity index is 2.08. The third kappa shape index (κ3) is 4.00. The molecule has 0 radical (unpaired) electrons. The molecule has 2 atom stereocenters. The first-order chi connectivity index (χ1) is 10.4. The second-order valence-corrected chi connectivity index (χ2v) is 8.45. The molecule has 0 bridgehead atoms. The van der Waals surface area contributed by atoms with E-state index in [1.807, 2.05) is 12.2 Å². The minimum Gasteiger partial charge on any atom is -0.463 e. The molecule has 0 N–H and O–H groups in total. The SMILES string of the molecule is COP(=O)(CCC1=NC2(COC(C)=O)C=CCOC2S1)OC. The second kappa shape index (κ2) is 7.27. The van der Waals surface area contributed by atoms with Crippen LogP contribution in [-0.2, 0) is 27.9 Å². The number of nitrogens with zero attached hydrogens (tertiary/aromatic N) is 1. The lowest BCUT2D eigenvalue weighted by atomic mass is 10.0. The molecule has 0 aromatic rings. The maximum atomic E-state index is 12.1. The predicted molar refractivity (Wildman–Crippen MR) is 84.4 cm³/mol. The number of carbonyl (C=O) groups is 1. The van der Waals surface area contributed by atoms with Crippen molar-refractivity contribution >= 4 is 30.4 Å². The van der Waals surface area contributed by atoms with Crippen molar-refractivity contribution in [2.75, 3.05) is 33.6 Å². The highest BCUT2D eigenvalue weighted by Gasteiger charge is 2.46. The van der Waals surface area contributed by atoms with Gasteiger partial charge in [0.15, 0.2) is 0 Å². The number of esters is 1. The smallest absolute Gasteiger partial charge is 0.330 e. The van der Waals surface area contributed by atoms with Crippen LogP contribution in [0, 0.1) is 0 Å². The van der Waals surface area contributed by atoms with Crippen LogP contribution in [0.3, 0.4) is 0 Å². The summed E-state index contributed by atoms with van der Waals surface area (Å²) in [6.45, 7) is 1.99. The molecule has 2 rings (SSSR count). The molecule has 0 saturated heterocycles. The molecule has 0 spiro atoms. The molecule has 0 fully saturated rings. The molecule has 0 saturated carbocycles. The number of hydrogen-bond donors (Lipinski definition) is 0. The lowest BCUT2D eigenvalue weighted by Crippen LogP contribution is -2.43. The van der Waals surface area contributed by atoms with E-state index in [9.17, 15) is 9.36 Å². The first-order valence-corrected chi connectivity index (χ1v) is 9.42. The molecule has 0 aliphatic carbocycles. The van der Waals surface area contributed by atoms with Crippen molar-refractivity contribution in [1.82, 2.24) is 0 Å². The van der Waals surface area contributed by atoms with Crippen LogP contribution < -0.4 is 0 Å². The van der Waals surface area contributed by atoms with Crippen LogP contribution in [0.4, 0.5) is 0 Å². The summed E-state index contributed by atoms with van der Waals surface area (Å²) in [5.74, 6) is -0.357. The lowest BCUT2D eigenvalue weighted by molar-refractivity contribution is -0.143. The minimum absolute atomic E-state index is 0.131. The van der Waals surface area contributed by atoms with Crippen molar-refractivity contribution in [1.29, 1.82) is 0 Å². The van der Waals surface area contributed by atoms with E-state index in [1.54, 1.807) is 0 Å².